The molecule has 2 N–H and O–H groups in total. The molecule has 2 fully saturated rings. The number of hydrogen-bond acceptors (Lipinski definition) is 3. The van der Waals surface area contributed by atoms with Crippen LogP contribution in [0.3, 0.4) is 0 Å². The summed E-state index contributed by atoms with van der Waals surface area (Å²) in [5.41, 5.74) is -0.211. The summed E-state index contributed by atoms with van der Waals surface area (Å²) < 4.78 is 0. The Labute approximate surface area is 97.0 Å². The van der Waals surface area contributed by atoms with Gasteiger partial charge in [-0.25, -0.2) is 0 Å². The molecular weight excluding hydrogens is 204 g/mol. The minimum absolute atomic E-state index is 0.128. The summed E-state index contributed by atoms with van der Waals surface area (Å²) in [4.78, 5) is 14.1. The van der Waals surface area contributed by atoms with Crippen LogP contribution in [-0.2, 0) is 4.79 Å². The van der Waals surface area contributed by atoms with Gasteiger partial charge >= 0.3 is 0 Å². The molecule has 1 unspecified atom stereocenters. The van der Waals surface area contributed by atoms with Crippen LogP contribution in [0.1, 0.15) is 26.2 Å². The molecule has 16 heavy (non-hydrogen) atoms. The normalized spacial score (nSPS) is 38.2. The maximum absolute atomic E-state index is 12.2. The van der Waals surface area contributed by atoms with E-state index >= 15 is 0 Å². The molecule has 1 amide bonds. The number of aliphatic hydroxyl groups is 1. The number of rotatable bonds is 3. The second-order valence-corrected chi connectivity index (χ2v) is 5.66. The van der Waals surface area contributed by atoms with E-state index in [0.717, 1.165) is 38.9 Å². The highest BCUT2D eigenvalue weighted by molar-refractivity contribution is 5.82. The van der Waals surface area contributed by atoms with E-state index < -0.39 is 0 Å². The molecule has 0 radical (unpaired) electrons. The van der Waals surface area contributed by atoms with Crippen LogP contribution in [0.5, 0.6) is 0 Å². The van der Waals surface area contributed by atoms with Gasteiger partial charge in [-0.2, -0.15) is 0 Å². The predicted molar refractivity (Wildman–Crippen MR) is 62.0 cm³/mol. The van der Waals surface area contributed by atoms with Crippen molar-refractivity contribution in [3.05, 3.63) is 0 Å². The van der Waals surface area contributed by atoms with Crippen molar-refractivity contribution >= 4 is 5.91 Å². The zero-order valence-electron chi connectivity index (χ0n) is 10.2. The third-order valence-electron chi connectivity index (χ3n) is 3.97. The molecule has 1 saturated heterocycles. The van der Waals surface area contributed by atoms with Crippen LogP contribution in [0.2, 0.25) is 0 Å². The van der Waals surface area contributed by atoms with E-state index in [4.69, 9.17) is 0 Å². The van der Waals surface area contributed by atoms with Crippen molar-refractivity contribution in [3.8, 4) is 0 Å². The van der Waals surface area contributed by atoms with Gasteiger partial charge in [0.25, 0.3) is 0 Å². The van der Waals surface area contributed by atoms with E-state index in [1.165, 1.54) is 0 Å². The number of aliphatic hydroxyl groups excluding tert-OH is 1. The van der Waals surface area contributed by atoms with Crippen LogP contribution in [0.15, 0.2) is 0 Å². The summed E-state index contributed by atoms with van der Waals surface area (Å²) in [7, 11) is 1.89. The first-order valence-corrected chi connectivity index (χ1v) is 6.15. The Morgan fingerprint density at radius 2 is 2.25 bits per heavy atom. The van der Waals surface area contributed by atoms with E-state index in [1.54, 1.807) is 0 Å². The van der Waals surface area contributed by atoms with Gasteiger partial charge in [-0.05, 0) is 38.6 Å². The average molecular weight is 226 g/mol. The van der Waals surface area contributed by atoms with Crippen molar-refractivity contribution in [2.45, 2.75) is 32.3 Å². The summed E-state index contributed by atoms with van der Waals surface area (Å²) in [6, 6.07) is 0. The van der Waals surface area contributed by atoms with Crippen LogP contribution >= 0.6 is 0 Å². The average Bonchev–Trinajstić information content (AvgIpc) is 2.63. The van der Waals surface area contributed by atoms with Crippen molar-refractivity contribution in [1.82, 2.24) is 10.2 Å². The first-order valence-electron chi connectivity index (χ1n) is 6.15. The van der Waals surface area contributed by atoms with E-state index in [9.17, 15) is 9.90 Å². The Kier molecular flexibility index (Phi) is 3.22. The van der Waals surface area contributed by atoms with Crippen molar-refractivity contribution < 1.29 is 9.90 Å². The van der Waals surface area contributed by atoms with Gasteiger partial charge in [0.2, 0.25) is 5.91 Å². The molecule has 0 bridgehead atoms. The molecule has 1 atom stereocenters. The summed E-state index contributed by atoms with van der Waals surface area (Å²) in [6.07, 6.45) is 2.51. The fraction of sp³-hybridized carbons (Fsp3) is 0.917. The molecular formula is C12H22N2O2. The molecule has 4 heteroatoms. The second-order valence-electron chi connectivity index (χ2n) is 5.66. The Balaban J connectivity index is 1.84. The Bertz CT molecular complexity index is 268. The highest BCUT2D eigenvalue weighted by Gasteiger charge is 2.39. The minimum atomic E-state index is -0.211. The van der Waals surface area contributed by atoms with Crippen LogP contribution in [0, 0.1) is 11.3 Å². The molecule has 0 aromatic carbocycles. The lowest BCUT2D eigenvalue weighted by Crippen LogP contribution is -2.46. The third-order valence-corrected chi connectivity index (χ3v) is 3.97. The quantitative estimate of drug-likeness (QED) is 0.723. The molecule has 1 aliphatic heterocycles. The largest absolute Gasteiger partial charge is 0.393 e. The molecule has 1 heterocycles. The van der Waals surface area contributed by atoms with E-state index in [-0.39, 0.29) is 17.4 Å². The second kappa shape index (κ2) is 4.34. The van der Waals surface area contributed by atoms with Crippen molar-refractivity contribution in [2.24, 2.45) is 11.3 Å². The maximum Gasteiger partial charge on any atom is 0.229 e. The summed E-state index contributed by atoms with van der Waals surface area (Å²) in [6.45, 7) is 4.58. The van der Waals surface area contributed by atoms with Gasteiger partial charge < -0.3 is 15.3 Å². The van der Waals surface area contributed by atoms with Crippen molar-refractivity contribution in [1.29, 1.82) is 0 Å². The number of carbonyl (C=O) groups excluding carboxylic acids is 1. The predicted octanol–water partition coefficient (Wildman–Crippen LogP) is 0.215. The van der Waals surface area contributed by atoms with Crippen LogP contribution in [0.4, 0.5) is 0 Å². The van der Waals surface area contributed by atoms with Crippen molar-refractivity contribution in [3.63, 3.8) is 0 Å². The fourth-order valence-corrected chi connectivity index (χ4v) is 2.78. The number of carbonyl (C=O) groups is 1. The van der Waals surface area contributed by atoms with Gasteiger partial charge in [-0.1, -0.05) is 0 Å². The van der Waals surface area contributed by atoms with E-state index in [1.807, 2.05) is 18.9 Å². The fourth-order valence-electron chi connectivity index (χ4n) is 2.78. The maximum atomic E-state index is 12.2. The highest BCUT2D eigenvalue weighted by Crippen LogP contribution is 2.31. The molecule has 1 aliphatic carbocycles. The smallest absolute Gasteiger partial charge is 0.229 e. The lowest BCUT2D eigenvalue weighted by Gasteiger charge is -2.36. The number of nitrogens with zero attached hydrogens (tertiary/aromatic N) is 1. The van der Waals surface area contributed by atoms with Gasteiger partial charge in [0.15, 0.2) is 0 Å². The molecule has 0 spiro atoms. The minimum Gasteiger partial charge on any atom is -0.393 e. The molecule has 0 aromatic heterocycles. The molecule has 0 aromatic rings. The summed E-state index contributed by atoms with van der Waals surface area (Å²) in [5.74, 6) is 0.751. The molecule has 2 aliphatic rings. The first-order chi connectivity index (χ1) is 7.51. The molecule has 92 valence electrons. The first kappa shape index (κ1) is 11.9. The van der Waals surface area contributed by atoms with E-state index in [2.05, 4.69) is 5.32 Å². The number of nitrogens with one attached hydrogen (secondary N) is 1. The Morgan fingerprint density at radius 1 is 1.56 bits per heavy atom. The summed E-state index contributed by atoms with van der Waals surface area (Å²) in [5, 5.41) is 12.5. The van der Waals surface area contributed by atoms with Gasteiger partial charge in [0.1, 0.15) is 0 Å². The Morgan fingerprint density at radius 3 is 2.75 bits per heavy atom. The van der Waals surface area contributed by atoms with Gasteiger partial charge in [-0.15, -0.1) is 0 Å². The Hall–Kier alpha value is -0.610. The van der Waals surface area contributed by atoms with Crippen LogP contribution in [-0.4, -0.2) is 48.7 Å². The molecule has 1 saturated carbocycles. The lowest BCUT2D eigenvalue weighted by atomic mass is 9.81. The standard InChI is InChI=1S/C12H22N2O2/c1-12(3-4-13-8-12)11(16)14(2)7-9-5-10(15)6-9/h9-10,13,15H,3-8H2,1-2H3. The van der Waals surface area contributed by atoms with Crippen LogP contribution in [0.25, 0.3) is 0 Å². The summed E-state index contributed by atoms with van der Waals surface area (Å²) >= 11 is 0. The monoisotopic (exact) mass is 226 g/mol. The SMILES string of the molecule is CN(CC1CC(O)C1)C(=O)C1(C)CCNC1. The van der Waals surface area contributed by atoms with Gasteiger partial charge in [-0.3, -0.25) is 4.79 Å². The topological polar surface area (TPSA) is 52.6 Å². The number of amides is 1. The zero-order chi connectivity index (χ0) is 11.8. The molecule has 2 rings (SSSR count). The lowest BCUT2D eigenvalue weighted by molar-refractivity contribution is -0.140. The third kappa shape index (κ3) is 2.23. The number of hydrogen-bond donors (Lipinski definition) is 2. The van der Waals surface area contributed by atoms with Gasteiger partial charge in [0.05, 0.1) is 11.5 Å². The van der Waals surface area contributed by atoms with E-state index in [0.29, 0.717) is 5.92 Å². The zero-order valence-corrected chi connectivity index (χ0v) is 10.2. The van der Waals surface area contributed by atoms with Crippen LogP contribution < -0.4 is 5.32 Å². The molecule has 4 nitrogen and oxygen atoms in total. The van der Waals surface area contributed by atoms with Gasteiger partial charge in [0, 0.05) is 20.1 Å². The van der Waals surface area contributed by atoms with Crippen molar-refractivity contribution in [2.75, 3.05) is 26.7 Å². The highest BCUT2D eigenvalue weighted by atomic mass is 16.3.